The number of rotatable bonds is 4. The van der Waals surface area contributed by atoms with Crippen LogP contribution < -0.4 is 10.2 Å². The summed E-state index contributed by atoms with van der Waals surface area (Å²) in [6.07, 6.45) is 3.04. The molecule has 2 heterocycles. The molecule has 3 rings (SSSR count). The average molecular weight is 316 g/mol. The van der Waals surface area contributed by atoms with E-state index in [0.29, 0.717) is 12.1 Å². The number of para-hydroxylation sites is 1. The van der Waals surface area contributed by atoms with Gasteiger partial charge in [0.25, 0.3) is 17.1 Å². The molecule has 0 spiro atoms. The van der Waals surface area contributed by atoms with Gasteiger partial charge in [-0.25, -0.2) is 0 Å². The van der Waals surface area contributed by atoms with E-state index in [1.165, 1.54) is 0 Å². The normalized spacial score (nSPS) is 20.6. The lowest BCUT2D eigenvalue weighted by Crippen LogP contribution is -2.28. The molecular formula is C16H16N2O3S. The second-order valence-corrected chi connectivity index (χ2v) is 6.21. The monoisotopic (exact) mass is 316 g/mol. The molecule has 5 nitrogen and oxygen atoms in total. The van der Waals surface area contributed by atoms with Crippen molar-refractivity contribution in [2.75, 3.05) is 11.4 Å². The molecule has 2 aliphatic rings. The predicted molar refractivity (Wildman–Crippen MR) is 86.4 cm³/mol. The quantitative estimate of drug-likeness (QED) is 0.685. The Kier molecular flexibility index (Phi) is 4.02. The number of hydrogen-bond acceptors (Lipinski definition) is 4. The molecule has 1 saturated heterocycles. The van der Waals surface area contributed by atoms with Crippen molar-refractivity contribution >= 4 is 40.1 Å². The molecule has 22 heavy (non-hydrogen) atoms. The number of benzene rings is 1. The first-order valence-electron chi connectivity index (χ1n) is 7.32. The molecule has 1 aromatic rings. The van der Waals surface area contributed by atoms with Gasteiger partial charge in [0.05, 0.1) is 16.2 Å². The topological polar surface area (TPSA) is 66.5 Å². The van der Waals surface area contributed by atoms with E-state index in [0.717, 1.165) is 42.3 Å². The highest BCUT2D eigenvalue weighted by atomic mass is 32.2. The Morgan fingerprint density at radius 2 is 1.91 bits per heavy atom. The van der Waals surface area contributed by atoms with Crippen LogP contribution in [0.5, 0.6) is 0 Å². The lowest BCUT2D eigenvalue weighted by atomic mass is 10.1. The molecule has 1 aromatic carbocycles. The fourth-order valence-electron chi connectivity index (χ4n) is 2.72. The van der Waals surface area contributed by atoms with Crippen LogP contribution in [0.3, 0.4) is 0 Å². The van der Waals surface area contributed by atoms with Crippen LogP contribution in [0.15, 0.2) is 29.2 Å². The Morgan fingerprint density at radius 3 is 2.59 bits per heavy atom. The van der Waals surface area contributed by atoms with Gasteiger partial charge in [0.1, 0.15) is 0 Å². The van der Waals surface area contributed by atoms with E-state index in [1.54, 1.807) is 4.90 Å². The molecule has 114 valence electrons. The molecule has 2 aliphatic heterocycles. The van der Waals surface area contributed by atoms with Crippen molar-refractivity contribution < 1.29 is 14.4 Å². The molecule has 0 bridgehead atoms. The van der Waals surface area contributed by atoms with Crippen LogP contribution in [-0.2, 0) is 9.59 Å². The van der Waals surface area contributed by atoms with Crippen LogP contribution in [0.1, 0.15) is 31.7 Å². The van der Waals surface area contributed by atoms with Gasteiger partial charge in [0, 0.05) is 12.1 Å². The first kappa shape index (κ1) is 14.8. The van der Waals surface area contributed by atoms with Crippen molar-refractivity contribution in [1.82, 2.24) is 5.32 Å². The maximum absolute atomic E-state index is 12.8. The van der Waals surface area contributed by atoms with Crippen LogP contribution in [0.4, 0.5) is 10.5 Å². The summed E-state index contributed by atoms with van der Waals surface area (Å²) in [6, 6.07) is 7.42. The van der Waals surface area contributed by atoms with E-state index in [-0.39, 0.29) is 10.8 Å². The van der Waals surface area contributed by atoms with Crippen LogP contribution in [0.25, 0.3) is 5.57 Å². The Bertz CT molecular complexity index is 696. The summed E-state index contributed by atoms with van der Waals surface area (Å²) in [7, 11) is 0. The van der Waals surface area contributed by atoms with Gasteiger partial charge >= 0.3 is 0 Å². The molecular weight excluding hydrogens is 300 g/mol. The fourth-order valence-corrected chi connectivity index (χ4v) is 3.49. The van der Waals surface area contributed by atoms with Crippen molar-refractivity contribution in [3.8, 4) is 0 Å². The molecule has 3 amide bonds. The van der Waals surface area contributed by atoms with Crippen molar-refractivity contribution in [3.63, 3.8) is 0 Å². The van der Waals surface area contributed by atoms with E-state index in [9.17, 15) is 14.4 Å². The van der Waals surface area contributed by atoms with Crippen molar-refractivity contribution in [2.45, 2.75) is 26.2 Å². The zero-order valence-corrected chi connectivity index (χ0v) is 13.0. The highest BCUT2D eigenvalue weighted by Crippen LogP contribution is 2.42. The molecule has 0 radical (unpaired) electrons. The van der Waals surface area contributed by atoms with E-state index in [4.69, 9.17) is 0 Å². The summed E-state index contributed by atoms with van der Waals surface area (Å²) in [5.74, 6) is -0.673. The third-order valence-electron chi connectivity index (χ3n) is 3.75. The molecule has 1 N–H and O–H groups in total. The summed E-state index contributed by atoms with van der Waals surface area (Å²) in [6.45, 7) is 2.74. The minimum atomic E-state index is -0.483. The highest BCUT2D eigenvalue weighted by molar-refractivity contribution is 8.18. The smallest absolute Gasteiger partial charge is 0.290 e. The molecule has 0 unspecified atom stereocenters. The number of anilines is 1. The van der Waals surface area contributed by atoms with Crippen LogP contribution in [0.2, 0.25) is 0 Å². The molecule has 0 saturated carbocycles. The van der Waals surface area contributed by atoms with Crippen LogP contribution >= 0.6 is 11.8 Å². The Labute approximate surface area is 132 Å². The summed E-state index contributed by atoms with van der Waals surface area (Å²) in [5.41, 5.74) is 1.90. The molecule has 1 fully saturated rings. The third-order valence-corrected chi connectivity index (χ3v) is 4.63. The molecule has 0 aromatic heterocycles. The number of carbonyl (C=O) groups is 3. The second-order valence-electron chi connectivity index (χ2n) is 5.23. The minimum absolute atomic E-state index is 0.190. The van der Waals surface area contributed by atoms with Gasteiger partial charge in [-0.05, 0) is 24.2 Å². The molecule has 0 atom stereocenters. The van der Waals surface area contributed by atoms with Gasteiger partial charge in [-0.3, -0.25) is 19.7 Å². The van der Waals surface area contributed by atoms with E-state index >= 15 is 0 Å². The van der Waals surface area contributed by atoms with E-state index in [1.807, 2.05) is 24.3 Å². The van der Waals surface area contributed by atoms with Crippen molar-refractivity contribution in [2.24, 2.45) is 0 Å². The number of amides is 3. The SMILES string of the molecule is CCCCCN1C(=O)/C(=C2/SC(=O)NC2=O)c2ccccc21. The number of imide groups is 1. The first-order chi connectivity index (χ1) is 10.6. The third kappa shape index (κ3) is 2.43. The predicted octanol–water partition coefficient (Wildman–Crippen LogP) is 2.92. The maximum atomic E-state index is 12.8. The van der Waals surface area contributed by atoms with Gasteiger partial charge in [-0.1, -0.05) is 38.0 Å². The number of carbonyl (C=O) groups excluding carboxylic acids is 3. The van der Waals surface area contributed by atoms with Crippen LogP contribution in [0, 0.1) is 0 Å². The van der Waals surface area contributed by atoms with Crippen LogP contribution in [-0.4, -0.2) is 23.6 Å². The van der Waals surface area contributed by atoms with Gasteiger partial charge in [-0.2, -0.15) is 0 Å². The number of nitrogens with zero attached hydrogens (tertiary/aromatic N) is 1. The largest absolute Gasteiger partial charge is 0.308 e. The van der Waals surface area contributed by atoms with E-state index in [2.05, 4.69) is 12.2 Å². The van der Waals surface area contributed by atoms with Gasteiger partial charge in [-0.15, -0.1) is 0 Å². The van der Waals surface area contributed by atoms with Crippen molar-refractivity contribution in [1.29, 1.82) is 0 Å². The maximum Gasteiger partial charge on any atom is 0.290 e. The first-order valence-corrected chi connectivity index (χ1v) is 8.14. The number of thioether (sulfide) groups is 1. The summed E-state index contributed by atoms with van der Waals surface area (Å²) in [5, 5.41) is 1.79. The number of unbranched alkanes of at least 4 members (excludes halogenated alkanes) is 2. The molecule has 6 heteroatoms. The van der Waals surface area contributed by atoms with E-state index < -0.39 is 11.1 Å². The van der Waals surface area contributed by atoms with Gasteiger partial charge in [0.15, 0.2) is 0 Å². The standard InChI is InChI=1S/C16H16N2O3S/c1-2-3-6-9-18-11-8-5-4-7-10(11)12(15(18)20)13-14(19)17-16(21)22-13/h4-5,7-8H,2-3,6,9H2,1H3,(H,17,19,21)/b13-12+. The zero-order chi connectivity index (χ0) is 15.7. The lowest BCUT2D eigenvalue weighted by molar-refractivity contribution is -0.116. The lowest BCUT2D eigenvalue weighted by Gasteiger charge is -2.16. The summed E-state index contributed by atoms with van der Waals surface area (Å²) < 4.78 is 0. The summed E-state index contributed by atoms with van der Waals surface area (Å²) in [4.78, 5) is 38.0. The Morgan fingerprint density at radius 1 is 1.14 bits per heavy atom. The van der Waals surface area contributed by atoms with Crippen molar-refractivity contribution in [3.05, 3.63) is 34.7 Å². The average Bonchev–Trinajstić information content (AvgIpc) is 2.96. The Balaban J connectivity index is 2.03. The van der Waals surface area contributed by atoms with Gasteiger partial charge in [0.2, 0.25) is 0 Å². The number of hydrogen-bond donors (Lipinski definition) is 1. The molecule has 0 aliphatic carbocycles. The number of fused-ring (bicyclic) bond motifs is 1. The Hall–Kier alpha value is -2.08. The highest BCUT2D eigenvalue weighted by Gasteiger charge is 2.39. The second kappa shape index (κ2) is 5.96. The number of nitrogens with one attached hydrogen (secondary N) is 1. The zero-order valence-electron chi connectivity index (χ0n) is 12.2. The minimum Gasteiger partial charge on any atom is -0.308 e. The van der Waals surface area contributed by atoms with Gasteiger partial charge < -0.3 is 4.90 Å². The fraction of sp³-hybridized carbons (Fsp3) is 0.312. The summed E-state index contributed by atoms with van der Waals surface area (Å²) >= 11 is 0.801.